The lowest BCUT2D eigenvalue weighted by molar-refractivity contribution is -0.389. The maximum absolute atomic E-state index is 12.3. The van der Waals surface area contributed by atoms with E-state index in [9.17, 15) is 14.9 Å². The van der Waals surface area contributed by atoms with Crippen molar-refractivity contribution in [2.75, 3.05) is 26.2 Å². The van der Waals surface area contributed by atoms with Gasteiger partial charge in [0, 0.05) is 25.7 Å². The highest BCUT2D eigenvalue weighted by Gasteiger charge is 2.38. The zero-order valence-corrected chi connectivity index (χ0v) is 11.2. The van der Waals surface area contributed by atoms with Gasteiger partial charge in [0.25, 0.3) is 5.91 Å². The van der Waals surface area contributed by atoms with Gasteiger partial charge in [-0.15, -0.1) is 0 Å². The molecule has 0 unspecified atom stereocenters. The third-order valence-electron chi connectivity index (χ3n) is 4.54. The molecule has 0 aliphatic carbocycles. The summed E-state index contributed by atoms with van der Waals surface area (Å²) in [6.07, 6.45) is 3.20. The molecule has 3 heterocycles. The van der Waals surface area contributed by atoms with Crippen LogP contribution in [-0.2, 0) is 0 Å². The highest BCUT2D eigenvalue weighted by Crippen LogP contribution is 2.37. The summed E-state index contributed by atoms with van der Waals surface area (Å²) in [5, 5.41) is 14.0. The Morgan fingerprint density at radius 3 is 2.60 bits per heavy atom. The first-order chi connectivity index (χ1) is 9.60. The Labute approximate surface area is 116 Å². The van der Waals surface area contributed by atoms with Gasteiger partial charge in [-0.1, -0.05) is 0 Å². The molecule has 1 aromatic rings. The lowest BCUT2D eigenvalue weighted by Gasteiger charge is -2.38. The maximum atomic E-state index is 12.3. The lowest BCUT2D eigenvalue weighted by atomic mass is 9.78. The summed E-state index contributed by atoms with van der Waals surface area (Å²) in [7, 11) is 0. The zero-order valence-electron chi connectivity index (χ0n) is 11.2. The Hall–Kier alpha value is -1.89. The predicted molar refractivity (Wildman–Crippen MR) is 72.5 cm³/mol. The Balaban J connectivity index is 1.65. The van der Waals surface area contributed by atoms with Gasteiger partial charge in [-0.2, -0.15) is 0 Å². The SMILES string of the molecule is O=C(c1ccc([N+](=O)[O-])[nH]1)N1CCC2(CCNC2)CC1. The van der Waals surface area contributed by atoms with Crippen LogP contribution in [0.3, 0.4) is 0 Å². The summed E-state index contributed by atoms with van der Waals surface area (Å²) >= 11 is 0. The minimum atomic E-state index is -0.522. The average molecular weight is 278 g/mol. The number of nitrogens with zero attached hydrogens (tertiary/aromatic N) is 2. The van der Waals surface area contributed by atoms with Gasteiger partial charge in [0.15, 0.2) is 5.69 Å². The molecule has 0 radical (unpaired) electrons. The van der Waals surface area contributed by atoms with E-state index in [1.807, 2.05) is 0 Å². The summed E-state index contributed by atoms with van der Waals surface area (Å²) in [5.74, 6) is -0.277. The van der Waals surface area contributed by atoms with Crippen LogP contribution >= 0.6 is 0 Å². The molecule has 2 aliphatic heterocycles. The summed E-state index contributed by atoms with van der Waals surface area (Å²) in [6.45, 7) is 3.57. The zero-order chi connectivity index (χ0) is 14.2. The van der Waals surface area contributed by atoms with Crippen molar-refractivity contribution < 1.29 is 9.72 Å². The number of carbonyl (C=O) groups is 1. The minimum absolute atomic E-state index is 0.137. The predicted octanol–water partition coefficient (Wildman–Crippen LogP) is 1.14. The van der Waals surface area contributed by atoms with Crippen LogP contribution in [0.5, 0.6) is 0 Å². The number of likely N-dealkylation sites (tertiary alicyclic amines) is 1. The molecular formula is C13H18N4O3. The van der Waals surface area contributed by atoms with E-state index in [2.05, 4.69) is 10.3 Å². The Morgan fingerprint density at radius 2 is 2.05 bits per heavy atom. The smallest absolute Gasteiger partial charge is 0.321 e. The number of piperidine rings is 1. The Bertz CT molecular complexity index is 523. The van der Waals surface area contributed by atoms with Gasteiger partial charge in [0.1, 0.15) is 0 Å². The van der Waals surface area contributed by atoms with Gasteiger partial charge in [0.05, 0.1) is 0 Å². The molecule has 2 aliphatic rings. The van der Waals surface area contributed by atoms with E-state index in [0.717, 1.165) is 39.0 Å². The van der Waals surface area contributed by atoms with Crippen molar-refractivity contribution in [3.63, 3.8) is 0 Å². The summed E-state index contributed by atoms with van der Waals surface area (Å²) in [4.78, 5) is 26.8. The average Bonchev–Trinajstić information content (AvgIpc) is 3.08. The molecule has 1 spiro atoms. The van der Waals surface area contributed by atoms with E-state index < -0.39 is 4.92 Å². The standard InChI is InChI=1S/C13H18N4O3/c18-12(10-1-2-11(15-10)17(19)20)16-7-4-13(5-8-16)3-6-14-9-13/h1-2,14-15H,3-9H2. The van der Waals surface area contributed by atoms with Gasteiger partial charge in [-0.25, -0.2) is 4.98 Å². The summed E-state index contributed by atoms with van der Waals surface area (Å²) in [5.41, 5.74) is 0.663. The molecule has 2 fully saturated rings. The van der Waals surface area contributed by atoms with Gasteiger partial charge in [0.2, 0.25) is 0 Å². The van der Waals surface area contributed by atoms with Gasteiger partial charge in [-0.3, -0.25) is 4.79 Å². The fraction of sp³-hybridized carbons (Fsp3) is 0.615. The number of carbonyl (C=O) groups excluding carboxylic acids is 1. The number of hydrogen-bond donors (Lipinski definition) is 2. The van der Waals surface area contributed by atoms with E-state index in [0.29, 0.717) is 11.1 Å². The highest BCUT2D eigenvalue weighted by atomic mass is 16.6. The topological polar surface area (TPSA) is 91.3 Å². The maximum Gasteiger partial charge on any atom is 0.321 e. The summed E-state index contributed by atoms with van der Waals surface area (Å²) < 4.78 is 0. The molecule has 1 amide bonds. The van der Waals surface area contributed by atoms with Crippen molar-refractivity contribution in [3.05, 3.63) is 27.9 Å². The number of nitro groups is 1. The first-order valence-corrected chi connectivity index (χ1v) is 6.93. The molecule has 1 aromatic heterocycles. The molecular weight excluding hydrogens is 260 g/mol. The molecule has 0 atom stereocenters. The van der Waals surface area contributed by atoms with Crippen LogP contribution in [0.1, 0.15) is 29.8 Å². The first-order valence-electron chi connectivity index (χ1n) is 6.93. The first kappa shape index (κ1) is 13.1. The number of nitrogens with one attached hydrogen (secondary N) is 2. The quantitative estimate of drug-likeness (QED) is 0.627. The van der Waals surface area contributed by atoms with Crippen molar-refractivity contribution in [1.29, 1.82) is 0 Å². The molecule has 20 heavy (non-hydrogen) atoms. The van der Waals surface area contributed by atoms with Crippen molar-refractivity contribution in [1.82, 2.24) is 15.2 Å². The highest BCUT2D eigenvalue weighted by molar-refractivity contribution is 5.93. The molecule has 0 bridgehead atoms. The van der Waals surface area contributed by atoms with E-state index in [1.54, 1.807) is 4.90 Å². The second kappa shape index (κ2) is 4.90. The van der Waals surface area contributed by atoms with Crippen LogP contribution in [-0.4, -0.2) is 46.9 Å². The normalized spacial score (nSPS) is 21.3. The number of aromatic nitrogens is 1. The fourth-order valence-electron chi connectivity index (χ4n) is 3.19. The van der Waals surface area contributed by atoms with Crippen LogP contribution in [0.2, 0.25) is 0 Å². The third-order valence-corrected chi connectivity index (χ3v) is 4.54. The second-order valence-electron chi connectivity index (χ2n) is 5.73. The number of rotatable bonds is 2. The number of H-pyrrole nitrogens is 1. The lowest BCUT2D eigenvalue weighted by Crippen LogP contribution is -2.44. The number of aromatic amines is 1. The molecule has 108 valence electrons. The molecule has 2 N–H and O–H groups in total. The molecule has 3 rings (SSSR count). The number of amides is 1. The van der Waals surface area contributed by atoms with E-state index in [1.165, 1.54) is 18.6 Å². The van der Waals surface area contributed by atoms with Crippen LogP contribution in [0.4, 0.5) is 5.82 Å². The van der Waals surface area contributed by atoms with Crippen molar-refractivity contribution in [2.45, 2.75) is 19.3 Å². The van der Waals surface area contributed by atoms with Gasteiger partial charge < -0.3 is 20.3 Å². The van der Waals surface area contributed by atoms with Crippen LogP contribution in [0, 0.1) is 15.5 Å². The molecule has 0 aromatic carbocycles. The third kappa shape index (κ3) is 2.29. The fourth-order valence-corrected chi connectivity index (χ4v) is 3.19. The molecule has 2 saturated heterocycles. The van der Waals surface area contributed by atoms with Gasteiger partial charge >= 0.3 is 5.82 Å². The van der Waals surface area contributed by atoms with E-state index >= 15 is 0 Å². The molecule has 7 nitrogen and oxygen atoms in total. The monoisotopic (exact) mass is 278 g/mol. The Kier molecular flexibility index (Phi) is 3.21. The Morgan fingerprint density at radius 1 is 1.30 bits per heavy atom. The summed E-state index contributed by atoms with van der Waals surface area (Å²) in [6, 6.07) is 2.82. The second-order valence-corrected chi connectivity index (χ2v) is 5.73. The van der Waals surface area contributed by atoms with Crippen molar-refractivity contribution >= 4 is 11.7 Å². The van der Waals surface area contributed by atoms with E-state index in [4.69, 9.17) is 0 Å². The molecule has 7 heteroatoms. The van der Waals surface area contributed by atoms with Crippen LogP contribution < -0.4 is 5.32 Å². The van der Waals surface area contributed by atoms with Crippen molar-refractivity contribution in [3.8, 4) is 0 Å². The van der Waals surface area contributed by atoms with Crippen LogP contribution in [0.15, 0.2) is 12.1 Å². The molecule has 0 saturated carbocycles. The van der Waals surface area contributed by atoms with E-state index in [-0.39, 0.29) is 11.7 Å². The number of hydrogen-bond acceptors (Lipinski definition) is 4. The minimum Gasteiger partial charge on any atom is -0.358 e. The van der Waals surface area contributed by atoms with Crippen molar-refractivity contribution in [2.24, 2.45) is 5.41 Å². The largest absolute Gasteiger partial charge is 0.358 e. The van der Waals surface area contributed by atoms with Crippen LogP contribution in [0.25, 0.3) is 0 Å². The van der Waals surface area contributed by atoms with Gasteiger partial charge in [-0.05, 0) is 42.2 Å².